The van der Waals surface area contributed by atoms with Crippen molar-refractivity contribution in [3.8, 4) is 0 Å². The molecule has 0 aliphatic carbocycles. The minimum absolute atomic E-state index is 0.000716. The summed E-state index contributed by atoms with van der Waals surface area (Å²) in [5.74, 6) is -0.360. The molecule has 1 aliphatic heterocycles. The van der Waals surface area contributed by atoms with E-state index >= 15 is 0 Å². The van der Waals surface area contributed by atoms with Crippen molar-refractivity contribution in [2.75, 3.05) is 25.0 Å². The predicted molar refractivity (Wildman–Crippen MR) is 68.8 cm³/mol. The van der Waals surface area contributed by atoms with E-state index in [0.717, 1.165) is 6.42 Å². The molecule has 1 unspecified atom stereocenters. The first kappa shape index (κ1) is 12.8. The number of nitrogens with one attached hydrogen (secondary N) is 1. The molecule has 0 saturated carbocycles. The van der Waals surface area contributed by atoms with Crippen LogP contribution >= 0.6 is 0 Å². The van der Waals surface area contributed by atoms with Crippen LogP contribution in [-0.4, -0.2) is 30.6 Å². The molecule has 0 aromatic heterocycles. The Labute approximate surface area is 106 Å². The fourth-order valence-electron chi connectivity index (χ4n) is 2.13. The van der Waals surface area contributed by atoms with Gasteiger partial charge in [-0.2, -0.15) is 0 Å². The SMILES string of the molecule is CC1(CN)CCN(C(=O)Nc2cccc(F)c2)C1. The standard InChI is InChI=1S/C13H18FN3O/c1-13(8-15)5-6-17(9-13)12(18)16-11-4-2-3-10(14)7-11/h2-4,7H,5-6,8-9,15H2,1H3,(H,16,18). The van der Waals surface area contributed by atoms with Gasteiger partial charge in [-0.15, -0.1) is 0 Å². The lowest BCUT2D eigenvalue weighted by Gasteiger charge is -2.22. The van der Waals surface area contributed by atoms with Crippen molar-refractivity contribution in [2.24, 2.45) is 11.1 Å². The van der Waals surface area contributed by atoms with E-state index < -0.39 is 0 Å². The lowest BCUT2D eigenvalue weighted by atomic mass is 9.90. The molecule has 2 amide bonds. The Hall–Kier alpha value is -1.62. The van der Waals surface area contributed by atoms with Crippen LogP contribution in [-0.2, 0) is 0 Å². The molecule has 5 heteroatoms. The van der Waals surface area contributed by atoms with Gasteiger partial charge in [0.1, 0.15) is 5.82 Å². The molecule has 1 heterocycles. The summed E-state index contributed by atoms with van der Waals surface area (Å²) in [6.07, 6.45) is 0.903. The largest absolute Gasteiger partial charge is 0.330 e. The van der Waals surface area contributed by atoms with Gasteiger partial charge in [0.25, 0.3) is 0 Å². The fourth-order valence-corrected chi connectivity index (χ4v) is 2.13. The summed E-state index contributed by atoms with van der Waals surface area (Å²) in [5.41, 5.74) is 6.17. The number of likely N-dealkylation sites (tertiary alicyclic amines) is 1. The summed E-state index contributed by atoms with van der Waals surface area (Å²) in [6.45, 7) is 3.97. The molecule has 1 fully saturated rings. The quantitative estimate of drug-likeness (QED) is 0.845. The van der Waals surface area contributed by atoms with Gasteiger partial charge in [0.05, 0.1) is 0 Å². The minimum atomic E-state index is -0.360. The Morgan fingerprint density at radius 3 is 3.00 bits per heavy atom. The second-order valence-corrected chi connectivity index (χ2v) is 5.13. The van der Waals surface area contributed by atoms with Crippen molar-refractivity contribution in [1.82, 2.24) is 4.90 Å². The van der Waals surface area contributed by atoms with E-state index in [0.29, 0.717) is 25.3 Å². The van der Waals surface area contributed by atoms with Crippen molar-refractivity contribution >= 4 is 11.7 Å². The van der Waals surface area contributed by atoms with Gasteiger partial charge in [0.15, 0.2) is 0 Å². The molecule has 1 aliphatic rings. The molecular formula is C13H18FN3O. The Balaban J connectivity index is 1.97. The molecule has 0 radical (unpaired) electrons. The number of halogens is 1. The third-order valence-corrected chi connectivity index (χ3v) is 3.41. The minimum Gasteiger partial charge on any atom is -0.330 e. The van der Waals surface area contributed by atoms with Gasteiger partial charge < -0.3 is 16.0 Å². The van der Waals surface area contributed by atoms with E-state index in [9.17, 15) is 9.18 Å². The van der Waals surface area contributed by atoms with Gasteiger partial charge in [0, 0.05) is 18.8 Å². The van der Waals surface area contributed by atoms with Gasteiger partial charge in [-0.3, -0.25) is 0 Å². The number of hydrogen-bond donors (Lipinski definition) is 2. The van der Waals surface area contributed by atoms with Gasteiger partial charge in [-0.1, -0.05) is 13.0 Å². The molecule has 0 spiro atoms. The van der Waals surface area contributed by atoms with Crippen LogP contribution in [0.1, 0.15) is 13.3 Å². The van der Waals surface area contributed by atoms with E-state index in [2.05, 4.69) is 12.2 Å². The summed E-state index contributed by atoms with van der Waals surface area (Å²) in [4.78, 5) is 13.7. The Kier molecular flexibility index (Phi) is 3.52. The van der Waals surface area contributed by atoms with Crippen LogP contribution in [0.2, 0.25) is 0 Å². The molecule has 3 N–H and O–H groups in total. The average molecular weight is 251 g/mol. The van der Waals surface area contributed by atoms with Crippen LogP contribution in [0.5, 0.6) is 0 Å². The summed E-state index contributed by atoms with van der Waals surface area (Å²) in [5, 5.41) is 2.69. The molecule has 1 aromatic rings. The molecule has 2 rings (SSSR count). The van der Waals surface area contributed by atoms with Crippen molar-refractivity contribution in [1.29, 1.82) is 0 Å². The highest BCUT2D eigenvalue weighted by atomic mass is 19.1. The number of urea groups is 1. The monoisotopic (exact) mass is 251 g/mol. The average Bonchev–Trinajstić information content (AvgIpc) is 2.73. The van der Waals surface area contributed by atoms with Gasteiger partial charge in [-0.25, -0.2) is 9.18 Å². The molecule has 0 bridgehead atoms. The zero-order valence-corrected chi connectivity index (χ0v) is 10.4. The van der Waals surface area contributed by atoms with E-state index in [1.54, 1.807) is 17.0 Å². The van der Waals surface area contributed by atoms with Gasteiger partial charge in [0.2, 0.25) is 0 Å². The zero-order valence-electron chi connectivity index (χ0n) is 10.4. The number of rotatable bonds is 2. The first-order valence-corrected chi connectivity index (χ1v) is 6.04. The summed E-state index contributed by atoms with van der Waals surface area (Å²) >= 11 is 0. The molecular weight excluding hydrogens is 233 g/mol. The predicted octanol–water partition coefficient (Wildman–Crippen LogP) is 2.03. The van der Waals surface area contributed by atoms with E-state index in [1.165, 1.54) is 12.1 Å². The number of carbonyl (C=O) groups excluding carboxylic acids is 1. The van der Waals surface area contributed by atoms with Crippen LogP contribution in [0.15, 0.2) is 24.3 Å². The maximum atomic E-state index is 13.0. The van der Waals surface area contributed by atoms with E-state index in [1.807, 2.05) is 0 Å². The maximum Gasteiger partial charge on any atom is 0.321 e. The van der Waals surface area contributed by atoms with E-state index in [4.69, 9.17) is 5.73 Å². The zero-order chi connectivity index (χ0) is 13.2. The third kappa shape index (κ3) is 2.79. The maximum absolute atomic E-state index is 13.0. The number of carbonyl (C=O) groups is 1. The molecule has 4 nitrogen and oxygen atoms in total. The highest BCUT2D eigenvalue weighted by molar-refractivity contribution is 5.89. The second kappa shape index (κ2) is 4.94. The molecule has 1 atom stereocenters. The van der Waals surface area contributed by atoms with Gasteiger partial charge in [-0.05, 0) is 36.6 Å². The fraction of sp³-hybridized carbons (Fsp3) is 0.462. The van der Waals surface area contributed by atoms with Crippen molar-refractivity contribution in [3.05, 3.63) is 30.1 Å². The topological polar surface area (TPSA) is 58.4 Å². The van der Waals surface area contributed by atoms with Crippen LogP contribution < -0.4 is 11.1 Å². The van der Waals surface area contributed by atoms with Gasteiger partial charge >= 0.3 is 6.03 Å². The normalized spacial score (nSPS) is 23.2. The molecule has 1 saturated heterocycles. The number of amides is 2. The smallest absolute Gasteiger partial charge is 0.321 e. The third-order valence-electron chi connectivity index (χ3n) is 3.41. The Bertz CT molecular complexity index is 452. The van der Waals surface area contributed by atoms with Crippen molar-refractivity contribution in [3.63, 3.8) is 0 Å². The van der Waals surface area contributed by atoms with E-state index in [-0.39, 0.29) is 17.3 Å². The lowest BCUT2D eigenvalue weighted by Crippen LogP contribution is -2.36. The highest BCUT2D eigenvalue weighted by Crippen LogP contribution is 2.28. The van der Waals surface area contributed by atoms with Crippen LogP contribution in [0.4, 0.5) is 14.9 Å². The molecule has 18 heavy (non-hydrogen) atoms. The summed E-state index contributed by atoms with van der Waals surface area (Å²) in [7, 11) is 0. The lowest BCUT2D eigenvalue weighted by molar-refractivity contribution is 0.216. The molecule has 1 aromatic carbocycles. The summed E-state index contributed by atoms with van der Waals surface area (Å²) in [6, 6.07) is 5.68. The molecule has 98 valence electrons. The number of nitrogens with two attached hydrogens (primary N) is 1. The Morgan fingerprint density at radius 1 is 1.61 bits per heavy atom. The number of benzene rings is 1. The Morgan fingerprint density at radius 2 is 2.39 bits per heavy atom. The first-order valence-electron chi connectivity index (χ1n) is 6.04. The first-order chi connectivity index (χ1) is 8.52. The number of nitrogens with zero attached hydrogens (tertiary/aromatic N) is 1. The van der Waals surface area contributed by atoms with Crippen LogP contribution in [0.3, 0.4) is 0 Å². The van der Waals surface area contributed by atoms with Crippen molar-refractivity contribution in [2.45, 2.75) is 13.3 Å². The van der Waals surface area contributed by atoms with Crippen LogP contribution in [0.25, 0.3) is 0 Å². The number of anilines is 1. The number of hydrogen-bond acceptors (Lipinski definition) is 2. The van der Waals surface area contributed by atoms with Crippen molar-refractivity contribution < 1.29 is 9.18 Å². The summed E-state index contributed by atoms with van der Waals surface area (Å²) < 4.78 is 13.0. The van der Waals surface area contributed by atoms with Crippen LogP contribution in [0, 0.1) is 11.2 Å². The second-order valence-electron chi connectivity index (χ2n) is 5.13. The highest BCUT2D eigenvalue weighted by Gasteiger charge is 2.34.